The number of halogens is 2. The molecule has 19 heavy (non-hydrogen) atoms. The Balaban J connectivity index is 2.36. The third kappa shape index (κ3) is 2.54. The highest BCUT2D eigenvalue weighted by Gasteiger charge is 2.17. The highest BCUT2D eigenvalue weighted by molar-refractivity contribution is 5.62. The van der Waals surface area contributed by atoms with Gasteiger partial charge in [-0.15, -0.1) is 0 Å². The lowest BCUT2D eigenvalue weighted by atomic mass is 10.1. The molecule has 0 spiro atoms. The van der Waals surface area contributed by atoms with E-state index in [0.29, 0.717) is 12.2 Å². The summed E-state index contributed by atoms with van der Waals surface area (Å²) in [6, 6.07) is 3.85. The number of aromatic nitrogens is 2. The highest BCUT2D eigenvalue weighted by atomic mass is 19.1. The Kier molecular flexibility index (Phi) is 3.74. The number of carbonyl (C=O) groups excluding carboxylic acids is 1. The summed E-state index contributed by atoms with van der Waals surface area (Å²) in [6.07, 6.45) is 0. The number of hydrogen-bond acceptors (Lipinski definition) is 4. The SMILES string of the molecule is COc1c(F)ccc(-c2cc(COC=O)[nH]n2)c1F. The largest absolute Gasteiger partial charge is 0.491 e. The Morgan fingerprint density at radius 1 is 1.42 bits per heavy atom. The van der Waals surface area contributed by atoms with E-state index in [1.807, 2.05) is 0 Å². The number of methoxy groups -OCH3 is 1. The van der Waals surface area contributed by atoms with Crippen LogP contribution in [-0.2, 0) is 16.1 Å². The van der Waals surface area contributed by atoms with Crippen molar-refractivity contribution < 1.29 is 23.0 Å². The van der Waals surface area contributed by atoms with E-state index < -0.39 is 17.4 Å². The normalized spacial score (nSPS) is 10.3. The van der Waals surface area contributed by atoms with Crippen molar-refractivity contribution >= 4 is 6.47 Å². The maximum absolute atomic E-state index is 14.0. The molecule has 2 rings (SSSR count). The Morgan fingerprint density at radius 3 is 2.89 bits per heavy atom. The van der Waals surface area contributed by atoms with Gasteiger partial charge in [0.25, 0.3) is 6.47 Å². The molecule has 100 valence electrons. The fraction of sp³-hybridized carbons (Fsp3) is 0.167. The van der Waals surface area contributed by atoms with Crippen LogP contribution < -0.4 is 4.74 Å². The van der Waals surface area contributed by atoms with Crippen molar-refractivity contribution in [3.63, 3.8) is 0 Å². The Labute approximate surface area is 107 Å². The fourth-order valence-corrected chi connectivity index (χ4v) is 1.61. The lowest BCUT2D eigenvalue weighted by molar-refractivity contribution is -0.129. The van der Waals surface area contributed by atoms with E-state index in [2.05, 4.69) is 19.7 Å². The lowest BCUT2D eigenvalue weighted by Crippen LogP contribution is -1.95. The van der Waals surface area contributed by atoms with E-state index in [0.717, 1.165) is 6.07 Å². The second kappa shape index (κ2) is 5.47. The standard InChI is InChI=1S/C12H10F2N2O3/c1-18-12-9(13)3-2-8(11(12)14)10-4-7(15-16-10)5-19-6-17/h2-4,6H,5H2,1H3,(H,15,16). The Morgan fingerprint density at radius 2 is 2.21 bits per heavy atom. The van der Waals surface area contributed by atoms with Gasteiger partial charge < -0.3 is 9.47 Å². The number of nitrogens with one attached hydrogen (secondary N) is 1. The van der Waals surface area contributed by atoms with Crippen LogP contribution in [0.5, 0.6) is 5.75 Å². The summed E-state index contributed by atoms with van der Waals surface area (Å²) in [7, 11) is 1.18. The van der Waals surface area contributed by atoms with Crippen molar-refractivity contribution in [2.24, 2.45) is 0 Å². The summed E-state index contributed by atoms with van der Waals surface area (Å²) in [5.74, 6) is -2.09. The molecule has 1 N–H and O–H groups in total. The molecule has 1 heterocycles. The van der Waals surface area contributed by atoms with Gasteiger partial charge in [-0.1, -0.05) is 0 Å². The topological polar surface area (TPSA) is 64.2 Å². The van der Waals surface area contributed by atoms with Gasteiger partial charge in [-0.2, -0.15) is 5.10 Å². The van der Waals surface area contributed by atoms with Gasteiger partial charge in [-0.05, 0) is 18.2 Å². The summed E-state index contributed by atoms with van der Waals surface area (Å²) >= 11 is 0. The Hall–Kier alpha value is -2.44. The maximum Gasteiger partial charge on any atom is 0.293 e. The summed E-state index contributed by atoms with van der Waals surface area (Å²) in [6.45, 7) is 0.290. The van der Waals surface area contributed by atoms with Crippen LogP contribution in [0.25, 0.3) is 11.3 Å². The zero-order valence-electron chi connectivity index (χ0n) is 9.94. The number of carbonyl (C=O) groups is 1. The molecule has 5 nitrogen and oxygen atoms in total. The first-order chi connectivity index (χ1) is 9.17. The highest BCUT2D eigenvalue weighted by Crippen LogP contribution is 2.30. The first-order valence-corrected chi connectivity index (χ1v) is 5.29. The lowest BCUT2D eigenvalue weighted by Gasteiger charge is -2.06. The molecule has 0 bridgehead atoms. The summed E-state index contributed by atoms with van der Waals surface area (Å²) < 4.78 is 36.4. The van der Waals surface area contributed by atoms with Crippen molar-refractivity contribution in [1.82, 2.24) is 10.2 Å². The van der Waals surface area contributed by atoms with Gasteiger partial charge >= 0.3 is 0 Å². The predicted molar refractivity (Wildman–Crippen MR) is 61.3 cm³/mol. The van der Waals surface area contributed by atoms with Gasteiger partial charge in [0.2, 0.25) is 0 Å². The van der Waals surface area contributed by atoms with Gasteiger partial charge in [-0.3, -0.25) is 9.89 Å². The van der Waals surface area contributed by atoms with E-state index in [4.69, 9.17) is 0 Å². The number of benzene rings is 1. The molecule has 0 amide bonds. The third-order valence-electron chi connectivity index (χ3n) is 2.47. The fourth-order valence-electron chi connectivity index (χ4n) is 1.61. The summed E-state index contributed by atoms with van der Waals surface area (Å²) in [4.78, 5) is 10.1. The number of H-pyrrole nitrogens is 1. The summed E-state index contributed by atoms with van der Waals surface area (Å²) in [5.41, 5.74) is 0.844. The Bertz CT molecular complexity index is 599. The molecular weight excluding hydrogens is 258 g/mol. The van der Waals surface area contributed by atoms with E-state index in [1.54, 1.807) is 0 Å². The van der Waals surface area contributed by atoms with E-state index in [-0.39, 0.29) is 17.9 Å². The van der Waals surface area contributed by atoms with E-state index >= 15 is 0 Å². The van der Waals surface area contributed by atoms with Gasteiger partial charge in [0.15, 0.2) is 17.4 Å². The molecule has 0 fully saturated rings. The molecular formula is C12H10F2N2O3. The molecule has 2 aromatic rings. The molecule has 0 aliphatic rings. The smallest absolute Gasteiger partial charge is 0.293 e. The van der Waals surface area contributed by atoms with Gasteiger partial charge in [0, 0.05) is 5.56 Å². The minimum atomic E-state index is -0.836. The van der Waals surface area contributed by atoms with Gasteiger partial charge in [-0.25, -0.2) is 8.78 Å². The van der Waals surface area contributed by atoms with Crippen molar-refractivity contribution in [2.75, 3.05) is 7.11 Å². The number of ether oxygens (including phenoxy) is 2. The van der Waals surface area contributed by atoms with Crippen LogP contribution in [0.1, 0.15) is 5.69 Å². The van der Waals surface area contributed by atoms with Gasteiger partial charge in [0.1, 0.15) is 6.61 Å². The van der Waals surface area contributed by atoms with Crippen molar-refractivity contribution in [2.45, 2.75) is 6.61 Å². The van der Waals surface area contributed by atoms with Crippen LogP contribution in [0.15, 0.2) is 18.2 Å². The average Bonchev–Trinajstić information content (AvgIpc) is 2.85. The van der Waals surface area contributed by atoms with Crippen LogP contribution in [-0.4, -0.2) is 23.8 Å². The molecule has 0 radical (unpaired) electrons. The van der Waals surface area contributed by atoms with Crippen LogP contribution in [0.4, 0.5) is 8.78 Å². The first-order valence-electron chi connectivity index (χ1n) is 5.29. The van der Waals surface area contributed by atoms with E-state index in [1.165, 1.54) is 19.2 Å². The number of hydrogen-bond donors (Lipinski definition) is 1. The second-order valence-electron chi connectivity index (χ2n) is 3.63. The average molecular weight is 268 g/mol. The molecule has 0 aliphatic carbocycles. The second-order valence-corrected chi connectivity index (χ2v) is 3.63. The minimum Gasteiger partial charge on any atom is -0.491 e. The quantitative estimate of drug-likeness (QED) is 0.843. The van der Waals surface area contributed by atoms with Crippen molar-refractivity contribution in [1.29, 1.82) is 0 Å². The van der Waals surface area contributed by atoms with Gasteiger partial charge in [0.05, 0.1) is 18.5 Å². The monoisotopic (exact) mass is 268 g/mol. The first kappa shape index (κ1) is 13.0. The molecule has 0 unspecified atom stereocenters. The maximum atomic E-state index is 14.0. The molecule has 7 heteroatoms. The number of nitrogens with zero attached hydrogens (tertiary/aromatic N) is 1. The zero-order chi connectivity index (χ0) is 13.8. The number of aromatic amines is 1. The summed E-state index contributed by atoms with van der Waals surface area (Å²) in [5, 5.41) is 6.45. The van der Waals surface area contributed by atoms with Crippen LogP contribution in [0, 0.1) is 11.6 Å². The number of rotatable bonds is 5. The van der Waals surface area contributed by atoms with E-state index in [9.17, 15) is 13.6 Å². The molecule has 0 saturated carbocycles. The molecule has 1 aromatic carbocycles. The zero-order valence-corrected chi connectivity index (χ0v) is 9.94. The minimum absolute atomic E-state index is 0.00352. The molecule has 1 aromatic heterocycles. The van der Waals surface area contributed by atoms with Crippen molar-refractivity contribution in [3.05, 3.63) is 35.5 Å². The molecule has 0 aliphatic heterocycles. The van der Waals surface area contributed by atoms with Crippen LogP contribution in [0.3, 0.4) is 0 Å². The third-order valence-corrected chi connectivity index (χ3v) is 2.47. The molecule has 0 saturated heterocycles. The van der Waals surface area contributed by atoms with Crippen LogP contribution >= 0.6 is 0 Å². The molecule has 0 atom stereocenters. The van der Waals surface area contributed by atoms with Crippen LogP contribution in [0.2, 0.25) is 0 Å². The van der Waals surface area contributed by atoms with Crippen molar-refractivity contribution in [3.8, 4) is 17.0 Å². The predicted octanol–water partition coefficient (Wildman–Crippen LogP) is 2.04.